The smallest absolute Gasteiger partial charge is 0.313 e. The minimum atomic E-state index is -0.834. The van der Waals surface area contributed by atoms with Crippen LogP contribution in [0.15, 0.2) is 17.5 Å². The fourth-order valence-corrected chi connectivity index (χ4v) is 2.33. The molecule has 5 heteroatoms. The molecule has 1 rings (SSSR count). The van der Waals surface area contributed by atoms with E-state index < -0.39 is 5.97 Å². The second kappa shape index (κ2) is 4.59. The van der Waals surface area contributed by atoms with Crippen molar-refractivity contribution in [2.24, 2.45) is 0 Å². The van der Waals surface area contributed by atoms with Gasteiger partial charge in [-0.25, -0.2) is 0 Å². The SMILES string of the molecule is O=C(O)CSC(=S)c1cccs1. The van der Waals surface area contributed by atoms with Gasteiger partial charge in [-0.3, -0.25) is 4.79 Å². The molecular formula is C7H6O2S3. The second-order valence-corrected chi connectivity index (χ2v) is 4.55. The molecule has 0 radical (unpaired) electrons. The molecule has 1 N–H and O–H groups in total. The van der Waals surface area contributed by atoms with Crippen molar-refractivity contribution >= 4 is 45.5 Å². The highest BCUT2D eigenvalue weighted by Gasteiger charge is 2.05. The molecule has 0 fully saturated rings. The second-order valence-electron chi connectivity index (χ2n) is 1.95. The number of thiocarbonyl (C=S) groups is 1. The summed E-state index contributed by atoms with van der Waals surface area (Å²) in [6, 6.07) is 3.79. The summed E-state index contributed by atoms with van der Waals surface area (Å²) >= 11 is 7.71. The number of rotatable bonds is 3. The fourth-order valence-electron chi connectivity index (χ4n) is 0.593. The molecule has 0 aliphatic carbocycles. The summed E-state index contributed by atoms with van der Waals surface area (Å²) in [4.78, 5) is 11.2. The van der Waals surface area contributed by atoms with E-state index in [1.165, 1.54) is 23.1 Å². The number of carboxylic acids is 1. The van der Waals surface area contributed by atoms with E-state index in [1.807, 2.05) is 17.5 Å². The molecule has 1 aromatic heterocycles. The van der Waals surface area contributed by atoms with Crippen molar-refractivity contribution in [2.45, 2.75) is 0 Å². The third-order valence-electron chi connectivity index (χ3n) is 1.05. The van der Waals surface area contributed by atoms with Crippen LogP contribution in [0.3, 0.4) is 0 Å². The van der Waals surface area contributed by atoms with E-state index in [2.05, 4.69) is 0 Å². The quantitative estimate of drug-likeness (QED) is 0.790. The molecule has 2 nitrogen and oxygen atoms in total. The van der Waals surface area contributed by atoms with Crippen LogP contribution in [-0.4, -0.2) is 21.0 Å². The third kappa shape index (κ3) is 2.92. The van der Waals surface area contributed by atoms with Crippen molar-refractivity contribution in [3.8, 4) is 0 Å². The molecule has 0 aliphatic rings. The van der Waals surface area contributed by atoms with Crippen molar-refractivity contribution in [3.63, 3.8) is 0 Å². The van der Waals surface area contributed by atoms with Gasteiger partial charge < -0.3 is 5.11 Å². The van der Waals surface area contributed by atoms with E-state index in [0.29, 0.717) is 4.20 Å². The zero-order valence-electron chi connectivity index (χ0n) is 6.02. The lowest BCUT2D eigenvalue weighted by Gasteiger charge is -1.95. The zero-order valence-corrected chi connectivity index (χ0v) is 8.47. The third-order valence-corrected chi connectivity index (χ3v) is 3.64. The lowest BCUT2D eigenvalue weighted by atomic mass is 10.5. The maximum atomic E-state index is 10.2. The first-order chi connectivity index (χ1) is 5.70. The van der Waals surface area contributed by atoms with Gasteiger partial charge in [-0.05, 0) is 11.4 Å². The molecule has 0 unspecified atom stereocenters. The molecule has 0 saturated carbocycles. The molecule has 0 aliphatic heterocycles. The van der Waals surface area contributed by atoms with Gasteiger partial charge in [0.15, 0.2) is 0 Å². The summed E-state index contributed by atoms with van der Waals surface area (Å²) in [7, 11) is 0. The highest BCUT2D eigenvalue weighted by molar-refractivity contribution is 8.24. The number of carbonyl (C=O) groups is 1. The summed E-state index contributed by atoms with van der Waals surface area (Å²) in [5.41, 5.74) is 0. The fraction of sp³-hybridized carbons (Fsp3) is 0.143. The minimum absolute atomic E-state index is 0.0384. The molecule has 0 bridgehead atoms. The average Bonchev–Trinajstić information content (AvgIpc) is 2.51. The Morgan fingerprint density at radius 2 is 2.50 bits per heavy atom. The summed E-state index contributed by atoms with van der Waals surface area (Å²) in [5, 5.41) is 10.3. The Kier molecular flexibility index (Phi) is 3.71. The Hall–Kier alpha value is -0.390. The zero-order chi connectivity index (χ0) is 8.97. The predicted molar refractivity (Wildman–Crippen MR) is 56.1 cm³/mol. The van der Waals surface area contributed by atoms with Crippen molar-refractivity contribution in [3.05, 3.63) is 22.4 Å². The lowest BCUT2D eigenvalue weighted by molar-refractivity contribution is -0.133. The molecule has 0 aromatic carbocycles. The van der Waals surface area contributed by atoms with Gasteiger partial charge in [0.25, 0.3) is 0 Å². The largest absolute Gasteiger partial charge is 0.481 e. The van der Waals surface area contributed by atoms with E-state index in [4.69, 9.17) is 17.3 Å². The van der Waals surface area contributed by atoms with Crippen LogP contribution in [0.1, 0.15) is 4.88 Å². The van der Waals surface area contributed by atoms with Crippen molar-refractivity contribution in [1.29, 1.82) is 0 Å². The summed E-state index contributed by atoms with van der Waals surface area (Å²) in [5.74, 6) is -0.796. The van der Waals surface area contributed by atoms with Crippen molar-refractivity contribution < 1.29 is 9.90 Å². The van der Waals surface area contributed by atoms with E-state index in [1.54, 1.807) is 0 Å². The first kappa shape index (κ1) is 9.70. The molecule has 0 atom stereocenters. The molecule has 64 valence electrons. The Balaban J connectivity index is 2.45. The maximum absolute atomic E-state index is 10.2. The Morgan fingerprint density at radius 1 is 1.75 bits per heavy atom. The Morgan fingerprint density at radius 3 is 3.00 bits per heavy atom. The van der Waals surface area contributed by atoms with Gasteiger partial charge in [0, 0.05) is 0 Å². The van der Waals surface area contributed by atoms with Gasteiger partial charge in [0.1, 0.15) is 0 Å². The van der Waals surface area contributed by atoms with Crippen LogP contribution in [0.25, 0.3) is 0 Å². The number of aliphatic carboxylic acids is 1. The monoisotopic (exact) mass is 218 g/mol. The summed E-state index contributed by atoms with van der Waals surface area (Å²) in [6.45, 7) is 0. The van der Waals surface area contributed by atoms with Gasteiger partial charge >= 0.3 is 5.97 Å². The molecular weight excluding hydrogens is 212 g/mol. The van der Waals surface area contributed by atoms with E-state index in [0.717, 1.165) is 4.88 Å². The summed E-state index contributed by atoms with van der Waals surface area (Å²) in [6.07, 6.45) is 0. The van der Waals surface area contributed by atoms with Crippen LogP contribution >= 0.6 is 35.3 Å². The Labute approximate surface area is 83.6 Å². The van der Waals surface area contributed by atoms with Crippen LogP contribution < -0.4 is 0 Å². The number of hydrogen-bond acceptors (Lipinski definition) is 4. The van der Waals surface area contributed by atoms with Crippen LogP contribution in [-0.2, 0) is 4.79 Å². The van der Waals surface area contributed by atoms with E-state index in [9.17, 15) is 4.79 Å². The highest BCUT2D eigenvalue weighted by Crippen LogP contribution is 2.18. The van der Waals surface area contributed by atoms with Gasteiger partial charge in [-0.2, -0.15) is 0 Å². The molecule has 0 saturated heterocycles. The van der Waals surface area contributed by atoms with E-state index >= 15 is 0 Å². The number of carboxylic acid groups (broad SMARTS) is 1. The minimum Gasteiger partial charge on any atom is -0.481 e. The normalized spacial score (nSPS) is 9.67. The predicted octanol–water partition coefficient (Wildman–Crippen LogP) is 2.24. The van der Waals surface area contributed by atoms with Crippen LogP contribution in [0.4, 0.5) is 0 Å². The molecule has 12 heavy (non-hydrogen) atoms. The number of thioether (sulfide) groups is 1. The van der Waals surface area contributed by atoms with Crippen molar-refractivity contribution in [1.82, 2.24) is 0 Å². The van der Waals surface area contributed by atoms with Crippen LogP contribution in [0.5, 0.6) is 0 Å². The van der Waals surface area contributed by atoms with Gasteiger partial charge in [-0.1, -0.05) is 18.3 Å². The van der Waals surface area contributed by atoms with Gasteiger partial charge in [-0.15, -0.1) is 23.1 Å². The number of thiophene rings is 1. The first-order valence-corrected chi connectivity index (χ1v) is 5.40. The van der Waals surface area contributed by atoms with Gasteiger partial charge in [0.05, 0.1) is 14.8 Å². The molecule has 1 aromatic rings. The standard InChI is InChI=1S/C7H6O2S3/c8-6(9)4-12-7(10)5-2-1-3-11-5/h1-3H,4H2,(H,8,9). The van der Waals surface area contributed by atoms with Gasteiger partial charge in [0.2, 0.25) is 0 Å². The lowest BCUT2D eigenvalue weighted by Crippen LogP contribution is -2.00. The van der Waals surface area contributed by atoms with E-state index in [-0.39, 0.29) is 5.75 Å². The number of hydrogen-bond donors (Lipinski definition) is 1. The average molecular weight is 218 g/mol. The maximum Gasteiger partial charge on any atom is 0.313 e. The first-order valence-electron chi connectivity index (χ1n) is 3.12. The Bertz CT molecular complexity index is 279. The molecule has 1 heterocycles. The van der Waals surface area contributed by atoms with Crippen LogP contribution in [0, 0.1) is 0 Å². The van der Waals surface area contributed by atoms with Crippen LogP contribution in [0.2, 0.25) is 0 Å². The summed E-state index contributed by atoms with van der Waals surface area (Å²) < 4.78 is 0.660. The topological polar surface area (TPSA) is 37.3 Å². The molecule has 0 amide bonds. The molecule has 0 spiro atoms. The highest BCUT2D eigenvalue weighted by atomic mass is 32.2. The van der Waals surface area contributed by atoms with Crippen molar-refractivity contribution in [2.75, 3.05) is 5.75 Å².